The fourth-order valence-corrected chi connectivity index (χ4v) is 4.66. The van der Waals surface area contributed by atoms with E-state index in [0.717, 1.165) is 16.1 Å². The van der Waals surface area contributed by atoms with Crippen molar-refractivity contribution in [3.8, 4) is 0 Å². The van der Waals surface area contributed by atoms with E-state index in [-0.39, 0.29) is 11.2 Å². The van der Waals surface area contributed by atoms with Gasteiger partial charge < -0.3 is 4.42 Å². The summed E-state index contributed by atoms with van der Waals surface area (Å²) in [7, 11) is 0. The van der Waals surface area contributed by atoms with E-state index in [1.807, 2.05) is 32.0 Å². The molecule has 3 heterocycles. The normalized spacial score (nSPS) is 15.8. The molecule has 2 aromatic heterocycles. The number of carbonyl (C=O) groups is 1. The molecule has 0 aliphatic carbocycles. The van der Waals surface area contributed by atoms with Crippen LogP contribution in [-0.2, 0) is 6.42 Å². The Labute approximate surface area is 180 Å². The van der Waals surface area contributed by atoms with Gasteiger partial charge in [0.2, 0.25) is 10.9 Å². The van der Waals surface area contributed by atoms with Crippen molar-refractivity contribution in [3.63, 3.8) is 0 Å². The van der Waals surface area contributed by atoms with Crippen LogP contribution in [0.4, 0.5) is 5.13 Å². The first-order chi connectivity index (χ1) is 14.5. The molecule has 5 rings (SSSR count). The highest BCUT2D eigenvalue weighted by molar-refractivity contribution is 7.15. The van der Waals surface area contributed by atoms with Crippen LogP contribution in [0.1, 0.15) is 45.2 Å². The first kappa shape index (κ1) is 19.0. The minimum atomic E-state index is -0.663. The number of anilines is 1. The first-order valence-corrected chi connectivity index (χ1v) is 10.7. The summed E-state index contributed by atoms with van der Waals surface area (Å²) >= 11 is 7.40. The number of halogens is 1. The van der Waals surface area contributed by atoms with Crippen molar-refractivity contribution < 1.29 is 9.21 Å². The molecule has 0 saturated carbocycles. The fourth-order valence-electron chi connectivity index (χ4n) is 3.73. The number of carbonyl (C=O) groups excluding carboxylic acids is 1. The first-order valence-electron chi connectivity index (χ1n) is 9.46. The van der Waals surface area contributed by atoms with Gasteiger partial charge in [-0.15, -0.1) is 10.2 Å². The lowest BCUT2D eigenvalue weighted by molar-refractivity contribution is 0.0970. The van der Waals surface area contributed by atoms with E-state index in [2.05, 4.69) is 10.2 Å². The van der Waals surface area contributed by atoms with Crippen LogP contribution in [0.25, 0.3) is 11.0 Å². The summed E-state index contributed by atoms with van der Waals surface area (Å²) in [6.07, 6.45) is 0.707. The SMILES string of the molecule is CCc1nnc(N2C(=O)c3oc4ccc(C)cc4c(=O)c3C2c2ccc(Cl)cc2)s1. The molecule has 6 nitrogen and oxygen atoms in total. The maximum atomic E-state index is 13.5. The topological polar surface area (TPSA) is 76.3 Å². The lowest BCUT2D eigenvalue weighted by Crippen LogP contribution is -2.29. The third kappa shape index (κ3) is 2.85. The predicted octanol–water partition coefficient (Wildman–Crippen LogP) is 4.92. The average molecular weight is 438 g/mol. The molecule has 8 heteroatoms. The highest BCUT2D eigenvalue weighted by Gasteiger charge is 2.45. The molecule has 0 fully saturated rings. The van der Waals surface area contributed by atoms with Gasteiger partial charge in [0.1, 0.15) is 10.6 Å². The molecule has 2 aromatic carbocycles. The molecule has 30 heavy (non-hydrogen) atoms. The standard InChI is InChI=1S/C22H16ClN3O3S/c1-3-16-24-25-22(30-16)26-18(12-5-7-13(23)8-6-12)17-19(27)14-10-11(2)4-9-15(14)29-20(17)21(26)28/h4-10,18H,3H2,1-2H3. The van der Waals surface area contributed by atoms with E-state index >= 15 is 0 Å². The van der Waals surface area contributed by atoms with Gasteiger partial charge >= 0.3 is 0 Å². The van der Waals surface area contributed by atoms with Crippen LogP contribution < -0.4 is 10.3 Å². The minimum absolute atomic E-state index is 0.0459. The number of aryl methyl sites for hydroxylation is 2. The minimum Gasteiger partial charge on any atom is -0.450 e. The van der Waals surface area contributed by atoms with Crippen LogP contribution >= 0.6 is 22.9 Å². The summed E-state index contributed by atoms with van der Waals surface area (Å²) in [6, 6.07) is 11.8. The van der Waals surface area contributed by atoms with E-state index < -0.39 is 11.9 Å². The molecule has 4 aromatic rings. The Balaban J connectivity index is 1.80. The Morgan fingerprint density at radius 3 is 2.60 bits per heavy atom. The summed E-state index contributed by atoms with van der Waals surface area (Å²) < 4.78 is 5.95. The second-order valence-electron chi connectivity index (χ2n) is 7.13. The van der Waals surface area contributed by atoms with E-state index in [1.165, 1.54) is 16.2 Å². The Kier molecular flexibility index (Phi) is 4.45. The Hall–Kier alpha value is -3.03. The Morgan fingerprint density at radius 2 is 1.90 bits per heavy atom. The van der Waals surface area contributed by atoms with Crippen LogP contribution in [0.15, 0.2) is 51.7 Å². The maximum Gasteiger partial charge on any atom is 0.297 e. The molecular weight excluding hydrogens is 422 g/mol. The van der Waals surface area contributed by atoms with E-state index in [1.54, 1.807) is 24.3 Å². The zero-order valence-corrected chi connectivity index (χ0v) is 17.8. The zero-order valence-electron chi connectivity index (χ0n) is 16.2. The van der Waals surface area contributed by atoms with Crippen molar-refractivity contribution in [2.45, 2.75) is 26.3 Å². The Bertz CT molecular complexity index is 1360. The highest BCUT2D eigenvalue weighted by Crippen LogP contribution is 2.42. The van der Waals surface area contributed by atoms with Gasteiger partial charge in [-0.25, -0.2) is 0 Å². The third-order valence-electron chi connectivity index (χ3n) is 5.18. The molecule has 0 radical (unpaired) electrons. The summed E-state index contributed by atoms with van der Waals surface area (Å²) in [4.78, 5) is 28.4. The Morgan fingerprint density at radius 1 is 1.13 bits per heavy atom. The van der Waals surface area contributed by atoms with Gasteiger partial charge in [0.05, 0.1) is 17.0 Å². The van der Waals surface area contributed by atoms with E-state index in [0.29, 0.717) is 33.1 Å². The quantitative estimate of drug-likeness (QED) is 0.454. The second-order valence-corrected chi connectivity index (χ2v) is 8.61. The summed E-state index contributed by atoms with van der Waals surface area (Å²) in [5.74, 6) is -0.354. The smallest absolute Gasteiger partial charge is 0.297 e. The molecule has 1 amide bonds. The third-order valence-corrected chi connectivity index (χ3v) is 6.49. The molecule has 0 N–H and O–H groups in total. The number of fused-ring (bicyclic) bond motifs is 2. The van der Waals surface area contributed by atoms with Crippen molar-refractivity contribution in [3.05, 3.63) is 85.2 Å². The lowest BCUT2D eigenvalue weighted by Gasteiger charge is -2.22. The molecule has 0 spiro atoms. The molecule has 1 aliphatic heterocycles. The van der Waals surface area contributed by atoms with Gasteiger partial charge in [-0.2, -0.15) is 0 Å². The summed E-state index contributed by atoms with van der Waals surface area (Å²) in [6.45, 7) is 3.88. The van der Waals surface area contributed by atoms with Gasteiger partial charge in [-0.3, -0.25) is 14.5 Å². The molecule has 0 saturated heterocycles. The van der Waals surface area contributed by atoms with Crippen molar-refractivity contribution in [2.75, 3.05) is 4.90 Å². The van der Waals surface area contributed by atoms with Crippen molar-refractivity contribution >= 4 is 44.9 Å². The van der Waals surface area contributed by atoms with Crippen molar-refractivity contribution in [1.29, 1.82) is 0 Å². The van der Waals surface area contributed by atoms with Crippen LogP contribution in [0.3, 0.4) is 0 Å². The van der Waals surface area contributed by atoms with Crippen LogP contribution in [0.5, 0.6) is 0 Å². The molecule has 150 valence electrons. The molecule has 1 unspecified atom stereocenters. The molecular formula is C22H16ClN3O3S. The van der Waals surface area contributed by atoms with Gasteiger partial charge in [0, 0.05) is 5.02 Å². The largest absolute Gasteiger partial charge is 0.450 e. The highest BCUT2D eigenvalue weighted by atomic mass is 35.5. The number of nitrogens with zero attached hydrogens (tertiary/aromatic N) is 3. The predicted molar refractivity (Wildman–Crippen MR) is 117 cm³/mol. The van der Waals surface area contributed by atoms with Crippen molar-refractivity contribution in [2.24, 2.45) is 0 Å². The maximum absolute atomic E-state index is 13.5. The van der Waals surface area contributed by atoms with Gasteiger partial charge in [0.25, 0.3) is 5.91 Å². The second kappa shape index (κ2) is 7.04. The van der Waals surface area contributed by atoms with E-state index in [4.69, 9.17) is 16.0 Å². The molecule has 0 bridgehead atoms. The number of rotatable bonds is 3. The van der Waals surface area contributed by atoms with Crippen LogP contribution in [-0.4, -0.2) is 16.1 Å². The van der Waals surface area contributed by atoms with Crippen LogP contribution in [0.2, 0.25) is 5.02 Å². The molecule has 1 atom stereocenters. The monoisotopic (exact) mass is 437 g/mol. The van der Waals surface area contributed by atoms with Gasteiger partial charge in [-0.05, 0) is 43.2 Å². The summed E-state index contributed by atoms with van der Waals surface area (Å²) in [5, 5.41) is 10.6. The van der Waals surface area contributed by atoms with Crippen molar-refractivity contribution in [1.82, 2.24) is 10.2 Å². The number of benzene rings is 2. The van der Waals surface area contributed by atoms with Gasteiger partial charge in [-0.1, -0.05) is 53.6 Å². The fraction of sp³-hybridized carbons (Fsp3) is 0.182. The zero-order chi connectivity index (χ0) is 21.0. The number of hydrogen-bond donors (Lipinski definition) is 0. The average Bonchev–Trinajstić information content (AvgIpc) is 3.32. The summed E-state index contributed by atoms with van der Waals surface area (Å²) in [5.41, 5.74) is 2.18. The van der Waals surface area contributed by atoms with Gasteiger partial charge in [0.15, 0.2) is 5.43 Å². The number of aromatic nitrogens is 2. The lowest BCUT2D eigenvalue weighted by atomic mass is 9.98. The number of hydrogen-bond acceptors (Lipinski definition) is 6. The van der Waals surface area contributed by atoms with Crippen LogP contribution in [0, 0.1) is 6.92 Å². The molecule has 1 aliphatic rings. The van der Waals surface area contributed by atoms with E-state index in [9.17, 15) is 9.59 Å². The number of amides is 1.